The number of phenols is 1. The molecule has 1 aliphatic rings. The van der Waals surface area contributed by atoms with Gasteiger partial charge in [0.05, 0.1) is 12.3 Å². The predicted octanol–water partition coefficient (Wildman–Crippen LogP) is 2.82. The average molecular weight is 373 g/mol. The third-order valence-electron chi connectivity index (χ3n) is 5.27. The lowest BCUT2D eigenvalue weighted by Gasteiger charge is -2.22. The fourth-order valence-electron chi connectivity index (χ4n) is 3.60. The number of aliphatic hydroxyl groups excluding tert-OH is 1. The number of aromatic hydroxyl groups is 1. The van der Waals surface area contributed by atoms with Crippen molar-refractivity contribution in [3.05, 3.63) is 53.3 Å². The zero-order valence-electron chi connectivity index (χ0n) is 16.0. The summed E-state index contributed by atoms with van der Waals surface area (Å²) in [5.74, 6) is -0.0351. The molecular formula is C21H28FN3O2. The van der Waals surface area contributed by atoms with Crippen LogP contribution in [0.1, 0.15) is 17.5 Å². The molecule has 0 amide bonds. The van der Waals surface area contributed by atoms with Gasteiger partial charge < -0.3 is 25.3 Å². The Hall–Kier alpha value is -2.31. The Balaban J connectivity index is 1.59. The van der Waals surface area contributed by atoms with Gasteiger partial charge in [0.15, 0.2) is 0 Å². The van der Waals surface area contributed by atoms with Gasteiger partial charge in [-0.2, -0.15) is 0 Å². The highest BCUT2D eigenvalue weighted by Gasteiger charge is 2.25. The van der Waals surface area contributed by atoms with Gasteiger partial charge in [-0.15, -0.1) is 0 Å². The highest BCUT2D eigenvalue weighted by Crippen LogP contribution is 2.27. The normalized spacial score (nSPS) is 16.9. The monoisotopic (exact) mass is 373 g/mol. The fourth-order valence-corrected chi connectivity index (χ4v) is 3.60. The Morgan fingerprint density at radius 2 is 2.00 bits per heavy atom. The maximum Gasteiger partial charge on any atom is 0.148 e. The molecule has 0 saturated carbocycles. The van der Waals surface area contributed by atoms with Crippen LogP contribution in [0.15, 0.2) is 36.4 Å². The van der Waals surface area contributed by atoms with E-state index < -0.39 is 0 Å². The van der Waals surface area contributed by atoms with Gasteiger partial charge >= 0.3 is 0 Å². The number of aliphatic hydroxyl groups is 1. The smallest absolute Gasteiger partial charge is 0.148 e. The van der Waals surface area contributed by atoms with Crippen molar-refractivity contribution >= 4 is 11.4 Å². The van der Waals surface area contributed by atoms with Crippen molar-refractivity contribution < 1.29 is 14.6 Å². The molecule has 1 fully saturated rings. The first kappa shape index (κ1) is 19.5. The van der Waals surface area contributed by atoms with Gasteiger partial charge in [0.25, 0.3) is 0 Å². The molecule has 3 rings (SSSR count). The van der Waals surface area contributed by atoms with Gasteiger partial charge in [0.1, 0.15) is 11.6 Å². The van der Waals surface area contributed by atoms with Crippen molar-refractivity contribution in [3.63, 3.8) is 0 Å². The number of likely N-dealkylation sites (N-methyl/N-ethyl adjacent to an activating group) is 1. The zero-order chi connectivity index (χ0) is 19.4. The Kier molecular flexibility index (Phi) is 6.19. The second-order valence-corrected chi connectivity index (χ2v) is 7.31. The van der Waals surface area contributed by atoms with E-state index in [0.717, 1.165) is 36.3 Å². The van der Waals surface area contributed by atoms with E-state index in [1.807, 2.05) is 12.1 Å². The quantitative estimate of drug-likeness (QED) is 0.697. The first-order valence-electron chi connectivity index (χ1n) is 9.34. The number of nitrogens with zero attached hydrogens (tertiary/aromatic N) is 2. The summed E-state index contributed by atoms with van der Waals surface area (Å²) < 4.78 is 14.6. The van der Waals surface area contributed by atoms with Crippen LogP contribution < -0.4 is 10.2 Å². The van der Waals surface area contributed by atoms with Crippen LogP contribution in [-0.4, -0.2) is 54.9 Å². The second kappa shape index (κ2) is 8.59. The molecule has 3 N–H and O–H groups in total. The van der Waals surface area contributed by atoms with E-state index in [1.54, 1.807) is 18.2 Å². The number of nitrogens with one attached hydrogen (secondary N) is 1. The van der Waals surface area contributed by atoms with Crippen LogP contribution in [0.3, 0.4) is 0 Å². The molecule has 1 atom stereocenters. The SMILES string of the molecule is CN(C)[C@@H]1CCN(c2ccc(NCCc3cc(O)ccc3CO)cc2F)C1. The molecular weight excluding hydrogens is 345 g/mol. The van der Waals surface area contributed by atoms with E-state index in [2.05, 4.69) is 29.2 Å². The first-order chi connectivity index (χ1) is 13.0. The number of rotatable bonds is 7. The van der Waals surface area contributed by atoms with Gasteiger partial charge in [0.2, 0.25) is 0 Å². The average Bonchev–Trinajstić information content (AvgIpc) is 3.12. The van der Waals surface area contributed by atoms with Gasteiger partial charge in [-0.25, -0.2) is 4.39 Å². The second-order valence-electron chi connectivity index (χ2n) is 7.31. The van der Waals surface area contributed by atoms with Crippen molar-refractivity contribution in [1.29, 1.82) is 0 Å². The molecule has 0 bridgehead atoms. The molecule has 1 saturated heterocycles. The molecule has 0 unspecified atom stereocenters. The van der Waals surface area contributed by atoms with Crippen molar-refractivity contribution in [2.24, 2.45) is 0 Å². The largest absolute Gasteiger partial charge is 0.508 e. The summed E-state index contributed by atoms with van der Waals surface area (Å²) in [5, 5.41) is 22.2. The zero-order valence-corrected chi connectivity index (χ0v) is 16.0. The minimum atomic E-state index is -0.215. The number of benzene rings is 2. The molecule has 0 aromatic heterocycles. The summed E-state index contributed by atoms with van der Waals surface area (Å²) in [7, 11) is 4.12. The molecule has 0 spiro atoms. The predicted molar refractivity (Wildman–Crippen MR) is 107 cm³/mol. The van der Waals surface area contributed by atoms with Crippen LogP contribution >= 0.6 is 0 Å². The minimum Gasteiger partial charge on any atom is -0.508 e. The summed E-state index contributed by atoms with van der Waals surface area (Å²) in [4.78, 5) is 4.29. The molecule has 6 heteroatoms. The van der Waals surface area contributed by atoms with Crippen LogP contribution in [0.4, 0.5) is 15.8 Å². The Bertz CT molecular complexity index is 782. The Morgan fingerprint density at radius 1 is 1.19 bits per heavy atom. The molecule has 1 aliphatic heterocycles. The highest BCUT2D eigenvalue weighted by molar-refractivity contribution is 5.57. The Morgan fingerprint density at radius 3 is 2.67 bits per heavy atom. The molecule has 2 aromatic carbocycles. The van der Waals surface area contributed by atoms with E-state index in [4.69, 9.17) is 0 Å². The van der Waals surface area contributed by atoms with Gasteiger partial charge in [-0.05, 0) is 68.4 Å². The number of phenolic OH excluding ortho intramolecular Hbond substituents is 1. The number of anilines is 2. The summed E-state index contributed by atoms with van der Waals surface area (Å²) in [5.41, 5.74) is 3.06. The third kappa shape index (κ3) is 4.70. The number of hydrogen-bond acceptors (Lipinski definition) is 5. The number of halogens is 1. The van der Waals surface area contributed by atoms with Crippen LogP contribution in [0.25, 0.3) is 0 Å². The van der Waals surface area contributed by atoms with E-state index >= 15 is 0 Å². The van der Waals surface area contributed by atoms with Crippen LogP contribution in [-0.2, 0) is 13.0 Å². The molecule has 5 nitrogen and oxygen atoms in total. The first-order valence-corrected chi connectivity index (χ1v) is 9.34. The third-order valence-corrected chi connectivity index (χ3v) is 5.27. The standard InChI is InChI=1S/C21H28FN3O2/c1-24(2)18-8-10-25(13-18)21-6-4-17(12-20(21)22)23-9-7-15-11-19(27)5-3-16(15)14-26/h3-6,11-12,18,23,26-27H,7-10,13-14H2,1-2H3/t18-/m1/s1. The summed E-state index contributed by atoms with van der Waals surface area (Å²) in [6.45, 7) is 2.23. The maximum absolute atomic E-state index is 14.6. The topological polar surface area (TPSA) is 59.0 Å². The van der Waals surface area contributed by atoms with E-state index in [9.17, 15) is 14.6 Å². The molecule has 1 heterocycles. The lowest BCUT2D eigenvalue weighted by atomic mass is 10.0. The van der Waals surface area contributed by atoms with Crippen molar-refractivity contribution in [3.8, 4) is 5.75 Å². The van der Waals surface area contributed by atoms with Crippen LogP contribution in [0.5, 0.6) is 5.75 Å². The maximum atomic E-state index is 14.6. The minimum absolute atomic E-state index is 0.0668. The van der Waals surface area contributed by atoms with Gasteiger partial charge in [-0.3, -0.25) is 0 Å². The molecule has 0 radical (unpaired) electrons. The lowest BCUT2D eigenvalue weighted by Crippen LogP contribution is -2.31. The van der Waals surface area contributed by atoms with Gasteiger partial charge in [0, 0.05) is 31.4 Å². The molecule has 0 aliphatic carbocycles. The fraction of sp³-hybridized carbons (Fsp3) is 0.429. The van der Waals surface area contributed by atoms with E-state index in [0.29, 0.717) is 24.7 Å². The van der Waals surface area contributed by atoms with Crippen LogP contribution in [0, 0.1) is 5.82 Å². The molecule has 146 valence electrons. The van der Waals surface area contributed by atoms with Gasteiger partial charge in [-0.1, -0.05) is 6.07 Å². The van der Waals surface area contributed by atoms with Crippen molar-refractivity contribution in [1.82, 2.24) is 4.90 Å². The van der Waals surface area contributed by atoms with Crippen LogP contribution in [0.2, 0.25) is 0 Å². The van der Waals surface area contributed by atoms with E-state index in [1.165, 1.54) is 6.07 Å². The van der Waals surface area contributed by atoms with E-state index in [-0.39, 0.29) is 18.2 Å². The molecule has 2 aromatic rings. The molecule has 27 heavy (non-hydrogen) atoms. The van der Waals surface area contributed by atoms with Crippen molar-refractivity contribution in [2.75, 3.05) is 43.9 Å². The summed E-state index contributed by atoms with van der Waals surface area (Å²) >= 11 is 0. The summed E-state index contributed by atoms with van der Waals surface area (Å²) in [6.07, 6.45) is 1.67. The Labute approximate surface area is 160 Å². The van der Waals surface area contributed by atoms with Crippen molar-refractivity contribution in [2.45, 2.75) is 25.5 Å². The summed E-state index contributed by atoms with van der Waals surface area (Å²) in [6, 6.07) is 10.7. The highest BCUT2D eigenvalue weighted by atomic mass is 19.1. The number of hydrogen-bond donors (Lipinski definition) is 3. The lowest BCUT2D eigenvalue weighted by molar-refractivity contribution is 0.280.